The van der Waals surface area contributed by atoms with Crippen LogP contribution in [0, 0.1) is 18.1 Å². The van der Waals surface area contributed by atoms with Crippen LogP contribution < -0.4 is 4.40 Å². The molecule has 48 heavy (non-hydrogen) atoms. The minimum Gasteiger partial charge on any atom is -0.486 e. The van der Waals surface area contributed by atoms with Crippen molar-refractivity contribution < 1.29 is 24.5 Å². The fourth-order valence-corrected chi connectivity index (χ4v) is 9.53. The first-order chi connectivity index (χ1) is 22.5. The van der Waals surface area contributed by atoms with Crippen LogP contribution in [0.1, 0.15) is 51.8 Å². The van der Waals surface area contributed by atoms with E-state index in [1.165, 1.54) is 5.56 Å². The SMILES string of the molecule is CC(C)Cc1cc(-c2[c-]cccc2)nc[c]1[Ge]([CH3])([CH3])[CH3].CCn1c(-c2[c-]ccc3c2oc2nc(C(C)C)ccc23)nc2ccccc21.[Ir]. The van der Waals surface area contributed by atoms with Crippen LogP contribution >= 0.6 is 0 Å². The third-order valence-electron chi connectivity index (χ3n) is 8.52. The normalized spacial score (nSPS) is 11.7. The first-order valence-electron chi connectivity index (χ1n) is 16.7. The van der Waals surface area contributed by atoms with Crippen molar-refractivity contribution >= 4 is 50.8 Å². The molecule has 0 aliphatic heterocycles. The third kappa shape index (κ3) is 7.36. The number of benzene rings is 3. The Morgan fingerprint density at radius 1 is 0.854 bits per heavy atom. The van der Waals surface area contributed by atoms with Gasteiger partial charge in [-0.1, -0.05) is 36.9 Å². The molecular weight excluding hydrogens is 829 g/mol. The van der Waals surface area contributed by atoms with E-state index in [-0.39, 0.29) is 20.1 Å². The van der Waals surface area contributed by atoms with E-state index in [9.17, 15) is 0 Å². The molecule has 0 saturated carbocycles. The van der Waals surface area contributed by atoms with Crippen LogP contribution in [0.4, 0.5) is 0 Å². The monoisotopic (exact) mass is 875 g/mol. The number of aryl methyl sites for hydroxylation is 1. The molecule has 0 spiro atoms. The van der Waals surface area contributed by atoms with E-state index in [1.807, 2.05) is 48.5 Å². The van der Waals surface area contributed by atoms with Gasteiger partial charge in [0.15, 0.2) is 0 Å². The molecule has 0 fully saturated rings. The summed E-state index contributed by atoms with van der Waals surface area (Å²) in [6.45, 7) is 11.8. The van der Waals surface area contributed by atoms with Gasteiger partial charge in [0.1, 0.15) is 0 Å². The van der Waals surface area contributed by atoms with Gasteiger partial charge in [0.2, 0.25) is 5.71 Å². The van der Waals surface area contributed by atoms with Crippen molar-refractivity contribution in [3.63, 3.8) is 0 Å². The van der Waals surface area contributed by atoms with Gasteiger partial charge in [-0.05, 0) is 37.1 Å². The van der Waals surface area contributed by atoms with Gasteiger partial charge in [-0.15, -0.1) is 18.2 Å². The summed E-state index contributed by atoms with van der Waals surface area (Å²) >= 11 is -1.86. The molecule has 0 atom stereocenters. The maximum atomic E-state index is 6.23. The first kappa shape index (κ1) is 35.7. The minimum absolute atomic E-state index is 0. The predicted octanol–water partition coefficient (Wildman–Crippen LogP) is 10.2. The minimum atomic E-state index is -1.86. The Labute approximate surface area is 300 Å². The number of fused-ring (bicyclic) bond motifs is 4. The van der Waals surface area contributed by atoms with E-state index in [2.05, 4.69) is 105 Å². The molecule has 0 saturated heterocycles. The molecule has 7 rings (SSSR count). The van der Waals surface area contributed by atoms with Crippen molar-refractivity contribution in [3.8, 4) is 22.6 Å². The Balaban J connectivity index is 0.000000193. The fraction of sp³-hybridized carbons (Fsp3) is 0.293. The fourth-order valence-electron chi connectivity index (χ4n) is 6.19. The van der Waals surface area contributed by atoms with Crippen molar-refractivity contribution in [2.24, 2.45) is 5.92 Å². The molecule has 0 aliphatic rings. The van der Waals surface area contributed by atoms with Crippen molar-refractivity contribution in [1.82, 2.24) is 19.5 Å². The summed E-state index contributed by atoms with van der Waals surface area (Å²) in [4.78, 5) is 14.3. The Morgan fingerprint density at radius 3 is 2.31 bits per heavy atom. The summed E-state index contributed by atoms with van der Waals surface area (Å²) in [7, 11) is 0. The van der Waals surface area contributed by atoms with Gasteiger partial charge in [-0.3, -0.25) is 4.98 Å². The van der Waals surface area contributed by atoms with E-state index in [0.29, 0.717) is 17.5 Å². The molecule has 0 bridgehead atoms. The van der Waals surface area contributed by atoms with Crippen LogP contribution in [0.25, 0.3) is 55.7 Å². The number of nitrogens with zero attached hydrogens (tertiary/aromatic N) is 4. The van der Waals surface area contributed by atoms with Gasteiger partial charge in [-0.25, -0.2) is 4.98 Å². The largest absolute Gasteiger partial charge is 0.486 e. The van der Waals surface area contributed by atoms with Crippen LogP contribution in [0.15, 0.2) is 89.5 Å². The maximum absolute atomic E-state index is 6.23. The molecule has 0 amide bonds. The number of para-hydroxylation sites is 2. The van der Waals surface area contributed by atoms with Gasteiger partial charge in [-0.2, -0.15) is 0 Å². The molecule has 0 aliphatic carbocycles. The van der Waals surface area contributed by atoms with Crippen molar-refractivity contribution in [2.45, 2.75) is 70.8 Å². The number of imidazole rings is 1. The van der Waals surface area contributed by atoms with E-state index in [0.717, 1.165) is 68.7 Å². The molecule has 7 heteroatoms. The molecule has 0 unspecified atom stereocenters. The van der Waals surface area contributed by atoms with Crippen LogP contribution in [-0.4, -0.2) is 32.8 Å². The zero-order chi connectivity index (χ0) is 33.3. The molecule has 4 heterocycles. The number of rotatable bonds is 7. The average Bonchev–Trinajstić information content (AvgIpc) is 3.62. The molecule has 7 aromatic rings. The van der Waals surface area contributed by atoms with Crippen LogP contribution in [-0.2, 0) is 33.1 Å². The van der Waals surface area contributed by atoms with Gasteiger partial charge in [0, 0.05) is 37.7 Å². The maximum Gasteiger partial charge on any atom is 0.216 e. The van der Waals surface area contributed by atoms with Crippen LogP contribution in [0.5, 0.6) is 0 Å². The van der Waals surface area contributed by atoms with Gasteiger partial charge in [0.25, 0.3) is 0 Å². The van der Waals surface area contributed by atoms with E-state index < -0.39 is 13.3 Å². The van der Waals surface area contributed by atoms with Gasteiger partial charge >= 0.3 is 126 Å². The Hall–Kier alpha value is -3.58. The van der Waals surface area contributed by atoms with Crippen LogP contribution in [0.2, 0.25) is 17.3 Å². The Kier molecular flexibility index (Phi) is 11.1. The van der Waals surface area contributed by atoms with Crippen molar-refractivity contribution in [2.75, 3.05) is 0 Å². The summed E-state index contributed by atoms with van der Waals surface area (Å²) < 4.78 is 9.98. The number of aromatic nitrogens is 4. The molecule has 249 valence electrons. The zero-order valence-corrected chi connectivity index (χ0v) is 33.7. The summed E-state index contributed by atoms with van der Waals surface area (Å²) in [5, 5.41) is 2.08. The second-order valence-corrected chi connectivity index (χ2v) is 24.5. The zero-order valence-electron chi connectivity index (χ0n) is 29.2. The number of hydrogen-bond acceptors (Lipinski definition) is 4. The van der Waals surface area contributed by atoms with Crippen LogP contribution in [0.3, 0.4) is 0 Å². The first-order valence-corrected chi connectivity index (χ1v) is 24.1. The Morgan fingerprint density at radius 2 is 1.62 bits per heavy atom. The number of pyridine rings is 2. The molecule has 4 aromatic heterocycles. The summed E-state index contributed by atoms with van der Waals surface area (Å²) in [6.07, 6.45) is 3.27. The molecule has 1 radical (unpaired) electrons. The average molecular weight is 874 g/mol. The molecule has 3 aromatic carbocycles. The second-order valence-electron chi connectivity index (χ2n) is 14.0. The van der Waals surface area contributed by atoms with Crippen molar-refractivity contribution in [1.29, 1.82) is 0 Å². The summed E-state index contributed by atoms with van der Waals surface area (Å²) in [5.41, 5.74) is 9.13. The summed E-state index contributed by atoms with van der Waals surface area (Å²) in [5.74, 6) is 9.23. The van der Waals surface area contributed by atoms with E-state index in [1.54, 1.807) is 4.40 Å². The smallest absolute Gasteiger partial charge is 0.216 e. The molecule has 0 N–H and O–H groups in total. The third-order valence-corrected chi connectivity index (χ3v) is 12.9. The van der Waals surface area contributed by atoms with E-state index in [4.69, 9.17) is 19.4 Å². The number of hydrogen-bond donors (Lipinski definition) is 0. The topological polar surface area (TPSA) is 56.7 Å². The second kappa shape index (κ2) is 14.9. The van der Waals surface area contributed by atoms with Gasteiger partial charge < -0.3 is 8.98 Å². The van der Waals surface area contributed by atoms with E-state index >= 15 is 0 Å². The summed E-state index contributed by atoms with van der Waals surface area (Å²) in [6, 6.07) is 33.4. The predicted molar refractivity (Wildman–Crippen MR) is 199 cm³/mol. The van der Waals surface area contributed by atoms with Crippen molar-refractivity contribution in [3.05, 3.63) is 108 Å². The number of furan rings is 1. The molecular formula is C41H44GeIrN4O-2. The quantitative estimate of drug-likeness (QED) is 0.118. The standard InChI is InChI=1S/C23H20N3O.C18H24GeN.Ir/c1-4-26-20-11-6-5-10-19(20)24-22(26)17-9-7-8-15-16-12-13-18(14(2)3)25-23(16)27-21(15)17;1-14(2)11-16-12-18(15-9-7-6-8-10-15)20-13-17(16)19(3,4)5;/h5-8,10-14H,4H2,1-3H3;6-9,12-14H,11H2,1-5H3;/q2*-1;. The molecule has 5 nitrogen and oxygen atoms in total. The van der Waals surface area contributed by atoms with Gasteiger partial charge in [0.05, 0.1) is 22.4 Å². The Bertz CT molecular complexity index is 2160.